The van der Waals surface area contributed by atoms with Crippen LogP contribution in [0.2, 0.25) is 0 Å². The molecule has 0 saturated carbocycles. The lowest BCUT2D eigenvalue weighted by molar-refractivity contribution is -0.142. The van der Waals surface area contributed by atoms with E-state index in [0.717, 1.165) is 0 Å². The smallest absolute Gasteiger partial charge is 0.308 e. The molecule has 1 aromatic carbocycles. The number of carbonyl (C=O) groups excluding carboxylic acids is 1. The van der Waals surface area contributed by atoms with Gasteiger partial charge in [0.05, 0.1) is 26.6 Å². The van der Waals surface area contributed by atoms with Gasteiger partial charge in [0, 0.05) is 17.7 Å². The molecule has 6 heteroatoms. The number of carboxylic acid groups (broad SMARTS) is 1. The maximum atomic E-state index is 12.0. The first kappa shape index (κ1) is 16.8. The first-order valence-electron chi connectivity index (χ1n) is 6.62. The summed E-state index contributed by atoms with van der Waals surface area (Å²) >= 11 is 0. The van der Waals surface area contributed by atoms with Crippen LogP contribution in [0, 0.1) is 5.92 Å². The summed E-state index contributed by atoms with van der Waals surface area (Å²) in [4.78, 5) is 22.8. The normalized spacial score (nSPS) is 13.1. The molecule has 0 spiro atoms. The van der Waals surface area contributed by atoms with E-state index in [9.17, 15) is 9.59 Å². The fourth-order valence-corrected chi connectivity index (χ4v) is 1.81. The SMILES string of the molecule is COc1ccc(CC(=O)NC(C)C(C)C(=O)O)c(OC)c1. The van der Waals surface area contributed by atoms with Crippen molar-refractivity contribution in [2.45, 2.75) is 26.3 Å². The predicted molar refractivity (Wildman–Crippen MR) is 77.7 cm³/mol. The van der Waals surface area contributed by atoms with Gasteiger partial charge in [-0.25, -0.2) is 0 Å². The quantitative estimate of drug-likeness (QED) is 0.795. The minimum Gasteiger partial charge on any atom is -0.497 e. The van der Waals surface area contributed by atoms with E-state index >= 15 is 0 Å². The molecule has 2 atom stereocenters. The van der Waals surface area contributed by atoms with Crippen LogP contribution in [-0.4, -0.2) is 37.2 Å². The van der Waals surface area contributed by atoms with Crippen molar-refractivity contribution >= 4 is 11.9 Å². The summed E-state index contributed by atoms with van der Waals surface area (Å²) < 4.78 is 10.3. The molecule has 0 saturated heterocycles. The molecule has 0 radical (unpaired) electrons. The Labute approximate surface area is 124 Å². The van der Waals surface area contributed by atoms with Crippen LogP contribution >= 0.6 is 0 Å². The second kappa shape index (κ2) is 7.52. The zero-order valence-corrected chi connectivity index (χ0v) is 12.7. The van der Waals surface area contributed by atoms with E-state index in [0.29, 0.717) is 17.1 Å². The molecule has 6 nitrogen and oxygen atoms in total. The average molecular weight is 295 g/mol. The Kier molecular flexibility index (Phi) is 6.02. The fraction of sp³-hybridized carbons (Fsp3) is 0.467. The molecule has 0 aliphatic rings. The number of benzene rings is 1. The molecule has 0 aromatic heterocycles. The van der Waals surface area contributed by atoms with Crippen molar-refractivity contribution in [2.24, 2.45) is 5.92 Å². The van der Waals surface area contributed by atoms with Crippen molar-refractivity contribution in [3.05, 3.63) is 23.8 Å². The van der Waals surface area contributed by atoms with Crippen molar-refractivity contribution in [3.63, 3.8) is 0 Å². The second-order valence-corrected chi connectivity index (χ2v) is 4.84. The number of aliphatic carboxylic acids is 1. The maximum absolute atomic E-state index is 12.0. The van der Waals surface area contributed by atoms with Crippen LogP contribution in [0.15, 0.2) is 18.2 Å². The van der Waals surface area contributed by atoms with Gasteiger partial charge in [0.15, 0.2) is 0 Å². The Bertz CT molecular complexity index is 515. The summed E-state index contributed by atoms with van der Waals surface area (Å²) in [5.41, 5.74) is 0.714. The van der Waals surface area contributed by atoms with Gasteiger partial charge in [-0.2, -0.15) is 0 Å². The van der Waals surface area contributed by atoms with Crippen molar-refractivity contribution in [3.8, 4) is 11.5 Å². The zero-order chi connectivity index (χ0) is 16.0. The van der Waals surface area contributed by atoms with Crippen molar-refractivity contribution in [2.75, 3.05) is 14.2 Å². The van der Waals surface area contributed by atoms with E-state index in [1.165, 1.54) is 7.11 Å². The van der Waals surface area contributed by atoms with E-state index in [2.05, 4.69) is 5.32 Å². The highest BCUT2D eigenvalue weighted by Crippen LogP contribution is 2.24. The van der Waals surface area contributed by atoms with E-state index in [1.807, 2.05) is 0 Å². The van der Waals surface area contributed by atoms with Gasteiger partial charge in [0.2, 0.25) is 5.91 Å². The minimum atomic E-state index is -0.940. The number of methoxy groups -OCH3 is 2. The summed E-state index contributed by atoms with van der Waals surface area (Å²) in [5.74, 6) is -0.636. The van der Waals surface area contributed by atoms with E-state index in [4.69, 9.17) is 14.6 Å². The van der Waals surface area contributed by atoms with E-state index < -0.39 is 17.9 Å². The minimum absolute atomic E-state index is 0.115. The van der Waals surface area contributed by atoms with Crippen LogP contribution in [0.1, 0.15) is 19.4 Å². The highest BCUT2D eigenvalue weighted by molar-refractivity contribution is 5.80. The standard InChI is InChI=1S/C15H21NO5/c1-9(15(18)19)10(2)16-14(17)7-11-5-6-12(20-3)8-13(11)21-4/h5-6,8-10H,7H2,1-4H3,(H,16,17)(H,18,19). The lowest BCUT2D eigenvalue weighted by Crippen LogP contribution is -2.40. The molecule has 0 aliphatic carbocycles. The van der Waals surface area contributed by atoms with Crippen LogP contribution in [-0.2, 0) is 16.0 Å². The summed E-state index contributed by atoms with van der Waals surface area (Å²) in [6.45, 7) is 3.23. The number of nitrogens with one attached hydrogen (secondary N) is 1. The molecule has 1 aromatic rings. The van der Waals surface area contributed by atoms with Crippen LogP contribution in [0.25, 0.3) is 0 Å². The summed E-state index contributed by atoms with van der Waals surface area (Å²) in [5, 5.41) is 11.6. The molecule has 2 unspecified atom stereocenters. The van der Waals surface area contributed by atoms with Gasteiger partial charge in [-0.3, -0.25) is 9.59 Å². The average Bonchev–Trinajstić information content (AvgIpc) is 2.46. The topological polar surface area (TPSA) is 84.9 Å². The molecule has 1 amide bonds. The number of ether oxygens (including phenoxy) is 2. The van der Waals surface area contributed by atoms with Gasteiger partial charge in [-0.05, 0) is 19.9 Å². The Morgan fingerprint density at radius 1 is 1.24 bits per heavy atom. The van der Waals surface area contributed by atoms with Gasteiger partial charge >= 0.3 is 5.97 Å². The largest absolute Gasteiger partial charge is 0.497 e. The number of hydrogen-bond donors (Lipinski definition) is 2. The molecular formula is C15H21NO5. The summed E-state index contributed by atoms with van der Waals surface area (Å²) in [7, 11) is 3.07. The van der Waals surface area contributed by atoms with Gasteiger partial charge < -0.3 is 19.9 Å². The van der Waals surface area contributed by atoms with Crippen molar-refractivity contribution in [1.82, 2.24) is 5.32 Å². The first-order chi connectivity index (χ1) is 9.88. The third-order valence-electron chi connectivity index (χ3n) is 3.37. The monoisotopic (exact) mass is 295 g/mol. The number of rotatable bonds is 7. The Morgan fingerprint density at radius 2 is 1.90 bits per heavy atom. The second-order valence-electron chi connectivity index (χ2n) is 4.84. The number of hydrogen-bond acceptors (Lipinski definition) is 4. The molecule has 116 valence electrons. The van der Waals surface area contributed by atoms with Gasteiger partial charge in [-0.1, -0.05) is 6.07 Å². The van der Waals surface area contributed by atoms with E-state index in [1.54, 1.807) is 39.2 Å². The zero-order valence-electron chi connectivity index (χ0n) is 12.7. The predicted octanol–water partition coefficient (Wildman–Crippen LogP) is 1.47. The molecule has 0 aliphatic heterocycles. The lowest BCUT2D eigenvalue weighted by atomic mass is 10.0. The highest BCUT2D eigenvalue weighted by Gasteiger charge is 2.21. The molecule has 0 fully saturated rings. The molecule has 1 rings (SSSR count). The molecule has 0 heterocycles. The van der Waals surface area contributed by atoms with Gasteiger partial charge in [-0.15, -0.1) is 0 Å². The Hall–Kier alpha value is -2.24. The first-order valence-corrected chi connectivity index (χ1v) is 6.62. The fourth-order valence-electron chi connectivity index (χ4n) is 1.81. The van der Waals surface area contributed by atoms with Crippen LogP contribution < -0.4 is 14.8 Å². The van der Waals surface area contributed by atoms with Crippen molar-refractivity contribution in [1.29, 1.82) is 0 Å². The lowest BCUT2D eigenvalue weighted by Gasteiger charge is -2.18. The van der Waals surface area contributed by atoms with Crippen LogP contribution in [0.4, 0.5) is 0 Å². The molecular weight excluding hydrogens is 274 g/mol. The van der Waals surface area contributed by atoms with E-state index in [-0.39, 0.29) is 12.3 Å². The van der Waals surface area contributed by atoms with Crippen LogP contribution in [0.3, 0.4) is 0 Å². The Morgan fingerprint density at radius 3 is 2.43 bits per heavy atom. The number of carbonyl (C=O) groups is 2. The third-order valence-corrected chi connectivity index (χ3v) is 3.37. The van der Waals surface area contributed by atoms with Gasteiger partial charge in [0.25, 0.3) is 0 Å². The Balaban J connectivity index is 2.73. The molecule has 0 bridgehead atoms. The summed E-state index contributed by atoms with van der Waals surface area (Å²) in [6.07, 6.45) is 0.115. The molecule has 2 N–H and O–H groups in total. The molecule has 21 heavy (non-hydrogen) atoms. The summed E-state index contributed by atoms with van der Waals surface area (Å²) in [6, 6.07) is 4.75. The number of carboxylic acids is 1. The third kappa shape index (κ3) is 4.66. The van der Waals surface area contributed by atoms with Crippen molar-refractivity contribution < 1.29 is 24.2 Å². The number of amides is 1. The van der Waals surface area contributed by atoms with Gasteiger partial charge in [0.1, 0.15) is 11.5 Å². The van der Waals surface area contributed by atoms with Crippen LogP contribution in [0.5, 0.6) is 11.5 Å². The highest BCUT2D eigenvalue weighted by atomic mass is 16.5. The maximum Gasteiger partial charge on any atom is 0.308 e.